The van der Waals surface area contributed by atoms with E-state index >= 15 is 0 Å². The first kappa shape index (κ1) is 21.3. The number of esters is 1. The zero-order valence-electron chi connectivity index (χ0n) is 15.8. The largest absolute Gasteiger partial charge is 0.464 e. The Hall–Kier alpha value is -2.05. The van der Waals surface area contributed by atoms with Crippen LogP contribution in [0.4, 0.5) is 0 Å². The second kappa shape index (κ2) is 9.24. The van der Waals surface area contributed by atoms with Gasteiger partial charge >= 0.3 is 5.97 Å². The summed E-state index contributed by atoms with van der Waals surface area (Å²) in [4.78, 5) is 27.4. The van der Waals surface area contributed by atoms with E-state index in [4.69, 9.17) is 27.9 Å². The van der Waals surface area contributed by atoms with Crippen LogP contribution in [0.15, 0.2) is 24.3 Å². The molecule has 1 aromatic carbocycles. The van der Waals surface area contributed by atoms with E-state index in [0.717, 1.165) is 5.69 Å². The van der Waals surface area contributed by atoms with E-state index in [1.165, 1.54) is 4.90 Å². The van der Waals surface area contributed by atoms with E-state index in [1.807, 2.05) is 13.8 Å². The van der Waals surface area contributed by atoms with Crippen LogP contribution in [0.5, 0.6) is 0 Å². The van der Waals surface area contributed by atoms with Gasteiger partial charge in [0.2, 0.25) is 0 Å². The Kier molecular flexibility index (Phi) is 7.27. The summed E-state index contributed by atoms with van der Waals surface area (Å²) in [6, 6.07) is 5.56. The normalized spacial score (nSPS) is 11.9. The van der Waals surface area contributed by atoms with Crippen molar-refractivity contribution in [3.05, 3.63) is 51.3 Å². The van der Waals surface area contributed by atoms with Crippen LogP contribution in [0.1, 0.15) is 48.6 Å². The molecule has 0 bridgehead atoms. The average molecular weight is 412 g/mol. The molecule has 0 fully saturated rings. The molecule has 2 aromatic rings. The lowest BCUT2D eigenvalue weighted by atomic mass is 10.0. The van der Waals surface area contributed by atoms with Crippen LogP contribution in [0.2, 0.25) is 10.0 Å². The van der Waals surface area contributed by atoms with Crippen molar-refractivity contribution in [3.8, 4) is 0 Å². The molecule has 0 N–H and O–H groups in total. The number of hydrogen-bond acceptors (Lipinski definition) is 4. The third kappa shape index (κ3) is 4.82. The average Bonchev–Trinajstić information content (AvgIpc) is 2.99. The SMILES string of the molecule is CCOC(=O)[C@@H](c1cc(Cl)cc(Cl)c1)N(CC)C(=O)c1cc(C)nn1CC. The molecule has 6 nitrogen and oxygen atoms in total. The zero-order valence-corrected chi connectivity index (χ0v) is 17.3. The predicted octanol–water partition coefficient (Wildman–Crippen LogP) is 4.28. The molecule has 0 saturated carbocycles. The topological polar surface area (TPSA) is 64.4 Å². The van der Waals surface area contributed by atoms with E-state index in [1.54, 1.807) is 42.8 Å². The molecular weight excluding hydrogens is 389 g/mol. The minimum Gasteiger partial charge on any atom is -0.464 e. The molecular formula is C19H23Cl2N3O3. The van der Waals surface area contributed by atoms with E-state index in [9.17, 15) is 9.59 Å². The first-order chi connectivity index (χ1) is 12.8. The molecule has 0 aliphatic rings. The van der Waals surface area contributed by atoms with Crippen LogP contribution in [0.3, 0.4) is 0 Å². The van der Waals surface area contributed by atoms with Crippen molar-refractivity contribution in [2.75, 3.05) is 13.2 Å². The van der Waals surface area contributed by atoms with Gasteiger partial charge in [0.15, 0.2) is 6.04 Å². The number of carbonyl (C=O) groups excluding carboxylic acids is 2. The Bertz CT molecular complexity index is 815. The van der Waals surface area contributed by atoms with Crippen molar-refractivity contribution in [1.82, 2.24) is 14.7 Å². The summed E-state index contributed by atoms with van der Waals surface area (Å²) in [5, 5.41) is 5.08. The highest BCUT2D eigenvalue weighted by atomic mass is 35.5. The highest BCUT2D eigenvalue weighted by molar-refractivity contribution is 6.34. The summed E-state index contributed by atoms with van der Waals surface area (Å²) in [5.41, 5.74) is 1.65. The highest BCUT2D eigenvalue weighted by Gasteiger charge is 2.34. The number of benzene rings is 1. The number of carbonyl (C=O) groups is 2. The lowest BCUT2D eigenvalue weighted by molar-refractivity contribution is -0.148. The number of hydrogen-bond donors (Lipinski definition) is 0. The van der Waals surface area contributed by atoms with Crippen LogP contribution in [0.25, 0.3) is 0 Å². The van der Waals surface area contributed by atoms with E-state index in [0.29, 0.717) is 34.4 Å². The molecule has 0 aliphatic carbocycles. The molecule has 1 amide bonds. The Labute approximate surface area is 169 Å². The first-order valence-corrected chi connectivity index (χ1v) is 9.55. The van der Waals surface area contributed by atoms with Crippen molar-refractivity contribution in [2.24, 2.45) is 0 Å². The Morgan fingerprint density at radius 3 is 2.30 bits per heavy atom. The second-order valence-electron chi connectivity index (χ2n) is 5.94. The summed E-state index contributed by atoms with van der Waals surface area (Å²) in [5.74, 6) is -0.848. The van der Waals surface area contributed by atoms with Gasteiger partial charge in [-0.3, -0.25) is 9.48 Å². The minimum atomic E-state index is -0.959. The maximum Gasteiger partial charge on any atom is 0.333 e. The fraction of sp³-hybridized carbons (Fsp3) is 0.421. The third-order valence-corrected chi connectivity index (χ3v) is 4.48. The molecule has 0 spiro atoms. The third-order valence-electron chi connectivity index (χ3n) is 4.04. The highest BCUT2D eigenvalue weighted by Crippen LogP contribution is 2.29. The number of aromatic nitrogens is 2. The maximum absolute atomic E-state index is 13.3. The first-order valence-electron chi connectivity index (χ1n) is 8.80. The lowest BCUT2D eigenvalue weighted by Crippen LogP contribution is -2.40. The molecule has 27 heavy (non-hydrogen) atoms. The van der Waals surface area contributed by atoms with Gasteiger partial charge in [-0.2, -0.15) is 5.10 Å². The smallest absolute Gasteiger partial charge is 0.333 e. The monoisotopic (exact) mass is 411 g/mol. The van der Waals surface area contributed by atoms with Crippen LogP contribution in [0, 0.1) is 6.92 Å². The number of aryl methyl sites for hydroxylation is 2. The van der Waals surface area contributed by atoms with Crippen LogP contribution in [-0.4, -0.2) is 39.7 Å². The standard InChI is InChI=1S/C19H23Cl2N3O3/c1-5-23(18(25)16-8-12(4)22-24(16)6-2)17(19(26)27-7-3)13-9-14(20)11-15(21)10-13/h8-11,17H,5-7H2,1-4H3/t17-/m1/s1. The number of nitrogens with zero attached hydrogens (tertiary/aromatic N) is 3. The quantitative estimate of drug-likeness (QED) is 0.637. The van der Waals surface area contributed by atoms with Crippen LogP contribution in [-0.2, 0) is 16.1 Å². The number of ether oxygens (including phenoxy) is 1. The molecule has 8 heteroatoms. The molecule has 0 saturated heterocycles. The van der Waals surface area contributed by atoms with E-state index < -0.39 is 12.0 Å². The molecule has 1 heterocycles. The van der Waals surface area contributed by atoms with Gasteiger partial charge in [0, 0.05) is 23.1 Å². The van der Waals surface area contributed by atoms with Crippen LogP contribution < -0.4 is 0 Å². The Balaban J connectivity index is 2.53. The second-order valence-corrected chi connectivity index (χ2v) is 6.81. The molecule has 0 aliphatic heterocycles. The van der Waals surface area contributed by atoms with E-state index in [-0.39, 0.29) is 12.5 Å². The molecule has 0 radical (unpaired) electrons. The van der Waals surface area contributed by atoms with Crippen molar-refractivity contribution in [1.29, 1.82) is 0 Å². The molecule has 1 atom stereocenters. The Morgan fingerprint density at radius 2 is 1.78 bits per heavy atom. The van der Waals surface area contributed by atoms with Gasteiger partial charge in [-0.1, -0.05) is 23.2 Å². The fourth-order valence-corrected chi connectivity index (χ4v) is 3.49. The van der Waals surface area contributed by atoms with E-state index in [2.05, 4.69) is 5.10 Å². The molecule has 146 valence electrons. The lowest BCUT2D eigenvalue weighted by Gasteiger charge is -2.29. The van der Waals surface area contributed by atoms with Crippen LogP contribution >= 0.6 is 23.2 Å². The van der Waals surface area contributed by atoms with Gasteiger partial charge in [0.05, 0.1) is 12.3 Å². The van der Waals surface area contributed by atoms with Gasteiger partial charge < -0.3 is 9.64 Å². The predicted molar refractivity (Wildman–Crippen MR) is 105 cm³/mol. The number of likely N-dealkylation sites (N-methyl/N-ethyl adjacent to an activating group) is 1. The maximum atomic E-state index is 13.3. The molecule has 2 rings (SSSR count). The van der Waals surface area contributed by atoms with Gasteiger partial charge in [0.25, 0.3) is 5.91 Å². The summed E-state index contributed by atoms with van der Waals surface area (Å²) < 4.78 is 6.85. The van der Waals surface area contributed by atoms with Crippen molar-refractivity contribution < 1.29 is 14.3 Å². The number of rotatable bonds is 7. The van der Waals surface area contributed by atoms with Gasteiger partial charge in [-0.25, -0.2) is 4.79 Å². The van der Waals surface area contributed by atoms with Gasteiger partial charge in [0.1, 0.15) is 5.69 Å². The molecule has 0 unspecified atom stereocenters. The number of amides is 1. The minimum absolute atomic E-state index is 0.196. The summed E-state index contributed by atoms with van der Waals surface area (Å²) in [6.45, 7) is 8.27. The Morgan fingerprint density at radius 1 is 1.15 bits per heavy atom. The summed E-state index contributed by atoms with van der Waals surface area (Å²) >= 11 is 12.2. The number of halogens is 2. The molecule has 1 aromatic heterocycles. The van der Waals surface area contributed by atoms with Gasteiger partial charge in [-0.15, -0.1) is 0 Å². The van der Waals surface area contributed by atoms with Crippen molar-refractivity contribution in [3.63, 3.8) is 0 Å². The fourth-order valence-electron chi connectivity index (χ4n) is 2.95. The van der Waals surface area contributed by atoms with Crippen molar-refractivity contribution in [2.45, 2.75) is 40.3 Å². The summed E-state index contributed by atoms with van der Waals surface area (Å²) in [6.07, 6.45) is 0. The van der Waals surface area contributed by atoms with Crippen molar-refractivity contribution >= 4 is 35.1 Å². The van der Waals surface area contributed by atoms with Gasteiger partial charge in [-0.05, 0) is 57.5 Å². The summed E-state index contributed by atoms with van der Waals surface area (Å²) in [7, 11) is 0. The zero-order chi connectivity index (χ0) is 20.1.